The van der Waals surface area contributed by atoms with E-state index in [4.69, 9.17) is 10.5 Å². The van der Waals surface area contributed by atoms with E-state index in [1.807, 2.05) is 0 Å². The SMILES string of the molecule is C[C@@H]1CN(c2sc(C#N)c(N)c2C2CC2)C[C@H](C)O1. The van der Waals surface area contributed by atoms with Crippen LogP contribution in [0.3, 0.4) is 0 Å². The summed E-state index contributed by atoms with van der Waals surface area (Å²) in [5.74, 6) is 0.571. The molecule has 102 valence electrons. The van der Waals surface area contributed by atoms with Crippen molar-refractivity contribution in [3.63, 3.8) is 0 Å². The maximum Gasteiger partial charge on any atom is 0.130 e. The van der Waals surface area contributed by atoms with Crippen LogP contribution in [0.25, 0.3) is 0 Å². The molecule has 19 heavy (non-hydrogen) atoms. The Morgan fingerprint density at radius 2 is 1.95 bits per heavy atom. The number of nitriles is 1. The molecule has 2 N–H and O–H groups in total. The molecule has 1 aliphatic carbocycles. The minimum absolute atomic E-state index is 0.227. The van der Waals surface area contributed by atoms with Crippen molar-refractivity contribution in [2.24, 2.45) is 0 Å². The lowest BCUT2D eigenvalue weighted by Crippen LogP contribution is -2.45. The van der Waals surface area contributed by atoms with Gasteiger partial charge >= 0.3 is 0 Å². The fraction of sp³-hybridized carbons (Fsp3) is 0.643. The highest BCUT2D eigenvalue weighted by molar-refractivity contribution is 7.17. The number of hydrogen-bond donors (Lipinski definition) is 1. The van der Waals surface area contributed by atoms with E-state index < -0.39 is 0 Å². The second-order valence-corrected chi connectivity index (χ2v) is 6.61. The second-order valence-electron chi connectivity index (χ2n) is 5.61. The molecule has 0 bridgehead atoms. The summed E-state index contributed by atoms with van der Waals surface area (Å²) in [6.07, 6.45) is 2.86. The average molecular weight is 277 g/mol. The van der Waals surface area contributed by atoms with Gasteiger partial charge in [0.25, 0.3) is 0 Å². The third-order valence-electron chi connectivity index (χ3n) is 3.76. The molecule has 1 aliphatic heterocycles. The van der Waals surface area contributed by atoms with E-state index in [2.05, 4.69) is 24.8 Å². The average Bonchev–Trinajstić information content (AvgIpc) is 3.12. The number of hydrogen-bond acceptors (Lipinski definition) is 5. The minimum Gasteiger partial charge on any atom is -0.397 e. The summed E-state index contributed by atoms with van der Waals surface area (Å²) >= 11 is 1.55. The predicted octanol–water partition coefficient (Wildman–Crippen LogP) is 2.69. The highest BCUT2D eigenvalue weighted by Gasteiger charge is 2.35. The first-order valence-corrected chi connectivity index (χ1v) is 7.64. The zero-order valence-electron chi connectivity index (χ0n) is 11.3. The summed E-state index contributed by atoms with van der Waals surface area (Å²) in [5.41, 5.74) is 8.11. The van der Waals surface area contributed by atoms with Crippen molar-refractivity contribution in [1.82, 2.24) is 0 Å². The van der Waals surface area contributed by atoms with Gasteiger partial charge in [0.15, 0.2) is 0 Å². The quantitative estimate of drug-likeness (QED) is 0.902. The Balaban J connectivity index is 1.97. The van der Waals surface area contributed by atoms with Gasteiger partial charge < -0.3 is 15.4 Å². The van der Waals surface area contributed by atoms with Crippen LogP contribution in [-0.4, -0.2) is 25.3 Å². The standard InChI is InChI=1S/C14H19N3OS/c1-8-6-17(7-9(2)18-8)14-12(10-3-4-10)13(16)11(5-15)19-14/h8-10H,3-4,6-7,16H2,1-2H3/t8-,9+. The molecule has 0 unspecified atom stereocenters. The fourth-order valence-electron chi connectivity index (χ4n) is 2.87. The summed E-state index contributed by atoms with van der Waals surface area (Å²) in [4.78, 5) is 3.03. The topological polar surface area (TPSA) is 62.3 Å². The first-order valence-electron chi connectivity index (χ1n) is 6.82. The number of nitrogens with zero attached hydrogens (tertiary/aromatic N) is 2. The highest BCUT2D eigenvalue weighted by atomic mass is 32.1. The zero-order valence-corrected chi connectivity index (χ0v) is 12.2. The number of nitrogens with two attached hydrogens (primary N) is 1. The first kappa shape index (κ1) is 12.8. The zero-order chi connectivity index (χ0) is 13.6. The van der Waals surface area contributed by atoms with Crippen molar-refractivity contribution in [2.45, 2.75) is 44.8 Å². The molecule has 2 heterocycles. The molecule has 0 spiro atoms. The van der Waals surface area contributed by atoms with Gasteiger partial charge in [-0.1, -0.05) is 0 Å². The number of nitrogen functional groups attached to an aromatic ring is 1. The summed E-state index contributed by atoms with van der Waals surface area (Å²) in [7, 11) is 0. The van der Waals surface area contributed by atoms with Gasteiger partial charge in [-0.25, -0.2) is 0 Å². The van der Waals surface area contributed by atoms with Crippen LogP contribution >= 0.6 is 11.3 Å². The Hall–Kier alpha value is -1.25. The van der Waals surface area contributed by atoms with E-state index in [1.165, 1.54) is 23.4 Å². The van der Waals surface area contributed by atoms with Crippen molar-refractivity contribution < 1.29 is 4.74 Å². The van der Waals surface area contributed by atoms with Crippen LogP contribution in [0.5, 0.6) is 0 Å². The van der Waals surface area contributed by atoms with E-state index >= 15 is 0 Å². The van der Waals surface area contributed by atoms with Gasteiger partial charge in [0.1, 0.15) is 10.9 Å². The summed E-state index contributed by atoms with van der Waals surface area (Å²) in [6, 6.07) is 2.24. The number of thiophene rings is 1. The molecule has 0 amide bonds. The first-order chi connectivity index (χ1) is 9.10. The van der Waals surface area contributed by atoms with Gasteiger partial charge in [0.2, 0.25) is 0 Å². The predicted molar refractivity (Wildman–Crippen MR) is 77.6 cm³/mol. The van der Waals surface area contributed by atoms with Gasteiger partial charge in [0, 0.05) is 18.7 Å². The molecule has 4 nitrogen and oxygen atoms in total. The van der Waals surface area contributed by atoms with Crippen LogP contribution in [0.2, 0.25) is 0 Å². The molecule has 1 saturated carbocycles. The van der Waals surface area contributed by atoms with Crippen LogP contribution in [0.1, 0.15) is 43.0 Å². The van der Waals surface area contributed by atoms with Crippen LogP contribution in [-0.2, 0) is 4.74 Å². The van der Waals surface area contributed by atoms with E-state index in [-0.39, 0.29) is 12.2 Å². The summed E-state index contributed by atoms with van der Waals surface area (Å²) in [5, 5.41) is 10.4. The lowest BCUT2D eigenvalue weighted by Gasteiger charge is -2.36. The van der Waals surface area contributed by atoms with Crippen molar-refractivity contribution in [3.8, 4) is 6.07 Å². The molecule has 3 rings (SSSR count). The normalized spacial score (nSPS) is 27.3. The van der Waals surface area contributed by atoms with E-state index in [0.717, 1.165) is 18.8 Å². The van der Waals surface area contributed by atoms with E-state index in [0.29, 0.717) is 10.8 Å². The van der Waals surface area contributed by atoms with Crippen LogP contribution < -0.4 is 10.6 Å². The van der Waals surface area contributed by atoms with Crippen LogP contribution in [0.4, 0.5) is 10.7 Å². The number of anilines is 2. The molecule has 0 aromatic carbocycles. The Bertz CT molecular complexity index is 520. The molecule has 1 aromatic heterocycles. The summed E-state index contributed by atoms with van der Waals surface area (Å²) in [6.45, 7) is 5.97. The Labute approximate surface area is 117 Å². The van der Waals surface area contributed by atoms with Crippen LogP contribution in [0.15, 0.2) is 0 Å². The monoisotopic (exact) mass is 277 g/mol. The fourth-order valence-corrected chi connectivity index (χ4v) is 4.00. The third-order valence-corrected chi connectivity index (χ3v) is 4.94. The lowest BCUT2D eigenvalue weighted by molar-refractivity contribution is -0.00504. The molecule has 1 saturated heterocycles. The molecular weight excluding hydrogens is 258 g/mol. The van der Waals surface area contributed by atoms with Gasteiger partial charge in [-0.05, 0) is 32.6 Å². The summed E-state index contributed by atoms with van der Waals surface area (Å²) < 4.78 is 5.78. The van der Waals surface area contributed by atoms with Crippen molar-refractivity contribution in [1.29, 1.82) is 5.26 Å². The van der Waals surface area contributed by atoms with Crippen LogP contribution in [0, 0.1) is 11.3 Å². The molecule has 0 radical (unpaired) electrons. The van der Waals surface area contributed by atoms with Gasteiger partial charge in [-0.3, -0.25) is 0 Å². The largest absolute Gasteiger partial charge is 0.397 e. The number of rotatable bonds is 2. The van der Waals surface area contributed by atoms with Gasteiger partial charge in [0.05, 0.1) is 22.9 Å². The van der Waals surface area contributed by atoms with E-state index in [9.17, 15) is 5.26 Å². The molecule has 5 heteroatoms. The minimum atomic E-state index is 0.227. The maximum absolute atomic E-state index is 9.20. The second kappa shape index (κ2) is 4.69. The molecule has 2 fully saturated rings. The third kappa shape index (κ3) is 2.31. The number of ether oxygens (including phenoxy) is 1. The van der Waals surface area contributed by atoms with Crippen molar-refractivity contribution in [3.05, 3.63) is 10.4 Å². The number of morpholine rings is 1. The van der Waals surface area contributed by atoms with Gasteiger partial charge in [-0.2, -0.15) is 5.26 Å². The Morgan fingerprint density at radius 1 is 1.32 bits per heavy atom. The maximum atomic E-state index is 9.20. The molecule has 2 atom stereocenters. The molecule has 2 aliphatic rings. The van der Waals surface area contributed by atoms with Crippen molar-refractivity contribution >= 4 is 22.0 Å². The van der Waals surface area contributed by atoms with Crippen molar-refractivity contribution in [2.75, 3.05) is 23.7 Å². The Morgan fingerprint density at radius 3 is 2.47 bits per heavy atom. The molecule has 1 aromatic rings. The smallest absolute Gasteiger partial charge is 0.130 e. The molecular formula is C14H19N3OS. The Kier molecular flexibility index (Phi) is 3.15. The lowest BCUT2D eigenvalue weighted by atomic mass is 10.1. The van der Waals surface area contributed by atoms with Gasteiger partial charge in [-0.15, -0.1) is 11.3 Å². The van der Waals surface area contributed by atoms with E-state index in [1.54, 1.807) is 11.3 Å². The highest BCUT2D eigenvalue weighted by Crippen LogP contribution is 2.52.